The average molecular weight is 312 g/mol. The van der Waals surface area contributed by atoms with E-state index in [2.05, 4.69) is 14.5 Å². The van der Waals surface area contributed by atoms with Crippen molar-refractivity contribution in [2.75, 3.05) is 5.32 Å². The molecule has 1 amide bonds. The van der Waals surface area contributed by atoms with Gasteiger partial charge in [-0.3, -0.25) is 4.79 Å². The molecule has 112 valence electrons. The summed E-state index contributed by atoms with van der Waals surface area (Å²) in [6, 6.07) is 2.13. The van der Waals surface area contributed by atoms with Crippen LogP contribution in [0, 0.1) is 0 Å². The van der Waals surface area contributed by atoms with Crippen molar-refractivity contribution in [3.8, 4) is 5.75 Å². The molecule has 0 unspecified atom stereocenters. The van der Waals surface area contributed by atoms with Crippen LogP contribution in [0.1, 0.15) is 19.8 Å². The first-order valence-corrected chi connectivity index (χ1v) is 6.84. The van der Waals surface area contributed by atoms with Crippen molar-refractivity contribution in [2.45, 2.75) is 25.3 Å². The highest BCUT2D eigenvalue weighted by Gasteiger charge is 2.48. The fourth-order valence-electron chi connectivity index (χ4n) is 1.14. The minimum Gasteiger partial charge on any atom is -0.372 e. The Bertz CT molecular complexity index is 586. The molecule has 1 aromatic heterocycles. The predicted molar refractivity (Wildman–Crippen MR) is 63.4 cm³/mol. The topological polar surface area (TPSA) is 85.4 Å². The van der Waals surface area contributed by atoms with Gasteiger partial charge in [-0.1, -0.05) is 6.92 Å². The van der Waals surface area contributed by atoms with Crippen molar-refractivity contribution in [1.82, 2.24) is 4.98 Å². The molecule has 0 saturated heterocycles. The first kappa shape index (κ1) is 16.2. The summed E-state index contributed by atoms with van der Waals surface area (Å²) in [7, 11) is -5.81. The second kappa shape index (κ2) is 6.07. The number of pyridine rings is 1. The summed E-state index contributed by atoms with van der Waals surface area (Å²) in [5, 5.41) is 2.18. The lowest BCUT2D eigenvalue weighted by Crippen LogP contribution is -2.28. The Morgan fingerprint density at radius 2 is 2.10 bits per heavy atom. The molecule has 10 heteroatoms. The van der Waals surface area contributed by atoms with Crippen LogP contribution in [-0.4, -0.2) is 24.8 Å². The van der Waals surface area contributed by atoms with Crippen molar-refractivity contribution in [1.29, 1.82) is 0 Å². The summed E-state index contributed by atoms with van der Waals surface area (Å²) < 4.78 is 62.4. The van der Waals surface area contributed by atoms with Gasteiger partial charge < -0.3 is 9.50 Å². The van der Waals surface area contributed by atoms with E-state index in [0.29, 0.717) is 6.42 Å². The summed E-state index contributed by atoms with van der Waals surface area (Å²) in [5.41, 5.74) is -5.56. The minimum atomic E-state index is -5.81. The molecule has 0 saturated carbocycles. The van der Waals surface area contributed by atoms with Gasteiger partial charge in [0, 0.05) is 12.6 Å². The van der Waals surface area contributed by atoms with Crippen LogP contribution in [0.4, 0.5) is 19.0 Å². The maximum absolute atomic E-state index is 12.2. The van der Waals surface area contributed by atoms with E-state index in [0.717, 1.165) is 6.07 Å². The third-order valence-corrected chi connectivity index (χ3v) is 2.95. The van der Waals surface area contributed by atoms with Crippen LogP contribution in [0.2, 0.25) is 0 Å². The Balaban J connectivity index is 3.00. The van der Waals surface area contributed by atoms with E-state index in [1.165, 1.54) is 12.3 Å². The number of carbonyl (C=O) groups excluding carboxylic acids is 1. The predicted octanol–water partition coefficient (Wildman–Crippen LogP) is 2.05. The molecule has 0 radical (unpaired) electrons. The van der Waals surface area contributed by atoms with Crippen molar-refractivity contribution in [3.05, 3.63) is 18.3 Å². The fraction of sp³-hybridized carbons (Fsp3) is 0.400. The van der Waals surface area contributed by atoms with Gasteiger partial charge in [-0.25, -0.2) is 4.98 Å². The highest BCUT2D eigenvalue weighted by Crippen LogP contribution is 2.30. The number of hydrogen-bond donors (Lipinski definition) is 1. The number of nitrogens with one attached hydrogen (secondary N) is 1. The number of alkyl halides is 3. The molecule has 0 fully saturated rings. The second-order valence-electron chi connectivity index (χ2n) is 3.63. The molecule has 0 aliphatic carbocycles. The molecule has 1 rings (SSSR count). The summed E-state index contributed by atoms with van der Waals surface area (Å²) >= 11 is 0. The lowest BCUT2D eigenvalue weighted by Gasteiger charge is -2.12. The molecule has 0 aromatic carbocycles. The van der Waals surface area contributed by atoms with Gasteiger partial charge in [-0.05, 0) is 18.6 Å². The molecular weight excluding hydrogens is 301 g/mol. The number of rotatable bonds is 5. The Morgan fingerprint density at radius 1 is 1.45 bits per heavy atom. The monoisotopic (exact) mass is 312 g/mol. The largest absolute Gasteiger partial charge is 0.534 e. The smallest absolute Gasteiger partial charge is 0.372 e. The van der Waals surface area contributed by atoms with Gasteiger partial charge >= 0.3 is 15.6 Å². The third kappa shape index (κ3) is 4.08. The van der Waals surface area contributed by atoms with E-state index >= 15 is 0 Å². The van der Waals surface area contributed by atoms with E-state index in [4.69, 9.17) is 0 Å². The summed E-state index contributed by atoms with van der Waals surface area (Å²) in [6.07, 6.45) is 1.80. The number of hydrogen-bond acceptors (Lipinski definition) is 5. The minimum absolute atomic E-state index is 0.113. The molecule has 0 bridgehead atoms. The van der Waals surface area contributed by atoms with Gasteiger partial charge in [0.25, 0.3) is 0 Å². The Morgan fingerprint density at radius 3 is 2.65 bits per heavy atom. The van der Waals surface area contributed by atoms with Gasteiger partial charge in [-0.2, -0.15) is 21.6 Å². The fourth-order valence-corrected chi connectivity index (χ4v) is 1.60. The highest BCUT2D eigenvalue weighted by molar-refractivity contribution is 7.88. The van der Waals surface area contributed by atoms with E-state index < -0.39 is 33.1 Å². The van der Waals surface area contributed by atoms with Gasteiger partial charge in [0.2, 0.25) is 5.91 Å². The van der Waals surface area contributed by atoms with Crippen LogP contribution >= 0.6 is 0 Å². The van der Waals surface area contributed by atoms with E-state index in [1.807, 2.05) is 0 Å². The van der Waals surface area contributed by atoms with Gasteiger partial charge in [0.1, 0.15) is 0 Å². The van der Waals surface area contributed by atoms with Gasteiger partial charge in [-0.15, -0.1) is 0 Å². The van der Waals surface area contributed by atoms with Crippen molar-refractivity contribution >= 4 is 21.8 Å². The van der Waals surface area contributed by atoms with E-state index in [9.17, 15) is 26.4 Å². The van der Waals surface area contributed by atoms with Crippen LogP contribution in [0.15, 0.2) is 18.3 Å². The Labute approximate surface area is 113 Å². The molecular formula is C10H11F3N2O4S. The van der Waals surface area contributed by atoms with Crippen LogP contribution in [-0.2, 0) is 14.9 Å². The van der Waals surface area contributed by atoms with Crippen LogP contribution < -0.4 is 9.50 Å². The highest BCUT2D eigenvalue weighted by atomic mass is 32.2. The maximum atomic E-state index is 12.2. The van der Waals surface area contributed by atoms with Crippen molar-refractivity contribution in [3.63, 3.8) is 0 Å². The normalized spacial score (nSPS) is 12.0. The molecule has 20 heavy (non-hydrogen) atoms. The molecule has 0 aliphatic heterocycles. The molecule has 1 aromatic rings. The first-order chi connectivity index (χ1) is 9.17. The maximum Gasteiger partial charge on any atom is 0.534 e. The average Bonchev–Trinajstić information content (AvgIpc) is 2.30. The van der Waals surface area contributed by atoms with Crippen molar-refractivity contribution in [2.24, 2.45) is 0 Å². The molecule has 1 heterocycles. The summed E-state index contributed by atoms with van der Waals surface area (Å²) in [5.74, 6) is -1.60. The number of nitrogens with zero attached hydrogens (tertiary/aromatic N) is 1. The SMILES string of the molecule is CCCC(=O)Nc1ncccc1OS(=O)(=O)C(F)(F)F. The standard InChI is InChI=1S/C10H11F3N2O4S/c1-2-4-8(16)15-9-7(5-3-6-14-9)19-20(17,18)10(11,12)13/h3,5-6H,2,4H2,1H3,(H,14,15,16). The lowest BCUT2D eigenvalue weighted by atomic mass is 10.3. The number of halogens is 3. The zero-order chi connectivity index (χ0) is 15.4. The first-order valence-electron chi connectivity index (χ1n) is 5.43. The quantitative estimate of drug-likeness (QED) is 0.664. The van der Waals surface area contributed by atoms with Crippen molar-refractivity contribution < 1.29 is 30.6 Å². The number of carbonyl (C=O) groups is 1. The van der Waals surface area contributed by atoms with Crippen LogP contribution in [0.5, 0.6) is 5.75 Å². The van der Waals surface area contributed by atoms with Gasteiger partial charge in [0.05, 0.1) is 0 Å². The third-order valence-electron chi connectivity index (χ3n) is 1.99. The Hall–Kier alpha value is -1.84. The summed E-state index contributed by atoms with van der Waals surface area (Å²) in [4.78, 5) is 14.9. The molecule has 1 N–H and O–H groups in total. The zero-order valence-electron chi connectivity index (χ0n) is 10.3. The zero-order valence-corrected chi connectivity index (χ0v) is 11.1. The van der Waals surface area contributed by atoms with E-state index in [-0.39, 0.29) is 6.42 Å². The van der Waals surface area contributed by atoms with Gasteiger partial charge in [0.15, 0.2) is 11.6 Å². The summed E-state index contributed by atoms with van der Waals surface area (Å²) in [6.45, 7) is 1.73. The number of aromatic nitrogens is 1. The number of amides is 1. The molecule has 0 aliphatic rings. The van der Waals surface area contributed by atoms with E-state index in [1.54, 1.807) is 6.92 Å². The molecule has 6 nitrogen and oxygen atoms in total. The van der Waals surface area contributed by atoms with Crippen LogP contribution in [0.25, 0.3) is 0 Å². The number of anilines is 1. The molecule has 0 atom stereocenters. The lowest BCUT2D eigenvalue weighted by molar-refractivity contribution is -0.116. The second-order valence-corrected chi connectivity index (χ2v) is 5.17. The van der Waals surface area contributed by atoms with Crippen LogP contribution in [0.3, 0.4) is 0 Å². The Kier molecular flexibility index (Phi) is 4.93. The molecule has 0 spiro atoms.